The molecular formula is C28H26N6O5. The summed E-state index contributed by atoms with van der Waals surface area (Å²) in [4.78, 5) is 29.5. The van der Waals surface area contributed by atoms with Gasteiger partial charge in [0.2, 0.25) is 5.95 Å². The molecule has 4 aromatic rings. The molecule has 1 aliphatic heterocycles. The van der Waals surface area contributed by atoms with Crippen molar-refractivity contribution in [1.29, 1.82) is 0 Å². The van der Waals surface area contributed by atoms with Gasteiger partial charge in [0, 0.05) is 23.4 Å². The van der Waals surface area contributed by atoms with Crippen molar-refractivity contribution in [2.24, 2.45) is 0 Å². The van der Waals surface area contributed by atoms with E-state index in [0.29, 0.717) is 46.7 Å². The zero-order valence-electron chi connectivity index (χ0n) is 21.5. The van der Waals surface area contributed by atoms with Crippen LogP contribution in [0.1, 0.15) is 25.5 Å². The lowest BCUT2D eigenvalue weighted by molar-refractivity contribution is -0.384. The average molecular weight is 527 g/mol. The van der Waals surface area contributed by atoms with E-state index >= 15 is 0 Å². The van der Waals surface area contributed by atoms with E-state index in [1.807, 2.05) is 31.2 Å². The van der Waals surface area contributed by atoms with Crippen molar-refractivity contribution in [1.82, 2.24) is 14.8 Å². The molecule has 3 aromatic carbocycles. The number of amides is 1. The van der Waals surface area contributed by atoms with Crippen molar-refractivity contribution in [3.8, 4) is 22.9 Å². The van der Waals surface area contributed by atoms with Gasteiger partial charge < -0.3 is 20.1 Å². The first-order valence-corrected chi connectivity index (χ1v) is 12.3. The quantitative estimate of drug-likeness (QED) is 0.237. The fourth-order valence-corrected chi connectivity index (χ4v) is 4.49. The van der Waals surface area contributed by atoms with Crippen LogP contribution in [-0.2, 0) is 4.79 Å². The molecule has 0 fully saturated rings. The summed E-state index contributed by atoms with van der Waals surface area (Å²) in [6.45, 7) is 4.22. The molecule has 0 spiro atoms. The largest absolute Gasteiger partial charge is 0.495 e. The molecule has 11 heteroatoms. The number of anilines is 2. The standard InChI is InChI=1S/C28H26N6O5/c1-4-39-21-14-12-18(13-15-21)26-31-28-29-17(2)24(27(35)30-22-10-5-6-11-23(22)38-3)25(33(28)32-26)19-8-7-9-20(16-19)34(36)37/h5-16,25H,4H2,1-3H3,(H,30,35)(H,29,31,32). The lowest BCUT2D eigenvalue weighted by Gasteiger charge is -2.28. The molecule has 1 amide bonds. The van der Waals surface area contributed by atoms with Crippen molar-refractivity contribution in [2.45, 2.75) is 19.9 Å². The predicted octanol–water partition coefficient (Wildman–Crippen LogP) is 5.19. The highest BCUT2D eigenvalue weighted by molar-refractivity contribution is 6.06. The Morgan fingerprint density at radius 2 is 1.90 bits per heavy atom. The number of nitrogens with zero attached hydrogens (tertiary/aromatic N) is 4. The Kier molecular flexibility index (Phi) is 6.96. The molecule has 1 aliphatic rings. The Balaban J connectivity index is 1.59. The summed E-state index contributed by atoms with van der Waals surface area (Å²) >= 11 is 0. The van der Waals surface area contributed by atoms with Gasteiger partial charge in [-0.1, -0.05) is 24.3 Å². The number of carbonyl (C=O) groups excluding carboxylic acids is 1. The molecule has 5 rings (SSSR count). The van der Waals surface area contributed by atoms with E-state index in [2.05, 4.69) is 15.6 Å². The number of rotatable bonds is 8. The number of nitro benzene ring substituents is 1. The number of carbonyl (C=O) groups is 1. The summed E-state index contributed by atoms with van der Waals surface area (Å²) in [6.07, 6.45) is 0. The molecule has 0 bridgehead atoms. The minimum atomic E-state index is -0.792. The maximum Gasteiger partial charge on any atom is 0.269 e. The number of allylic oxidation sites excluding steroid dienone is 1. The molecular weight excluding hydrogens is 500 g/mol. The zero-order valence-corrected chi connectivity index (χ0v) is 21.5. The third kappa shape index (κ3) is 5.01. The minimum absolute atomic E-state index is 0.0958. The number of methoxy groups -OCH3 is 1. The maximum absolute atomic E-state index is 13.8. The van der Waals surface area contributed by atoms with E-state index in [1.54, 1.807) is 48.0 Å². The number of para-hydroxylation sites is 2. The van der Waals surface area contributed by atoms with Crippen molar-refractivity contribution < 1.29 is 19.2 Å². The van der Waals surface area contributed by atoms with Crippen molar-refractivity contribution in [3.63, 3.8) is 0 Å². The number of nitrogens with one attached hydrogen (secondary N) is 2. The number of non-ortho nitro benzene ring substituents is 1. The van der Waals surface area contributed by atoms with E-state index in [1.165, 1.54) is 19.2 Å². The van der Waals surface area contributed by atoms with E-state index in [4.69, 9.17) is 14.6 Å². The molecule has 11 nitrogen and oxygen atoms in total. The molecule has 2 N–H and O–H groups in total. The second-order valence-electron chi connectivity index (χ2n) is 8.73. The second-order valence-corrected chi connectivity index (χ2v) is 8.73. The van der Waals surface area contributed by atoms with E-state index in [9.17, 15) is 14.9 Å². The molecule has 0 saturated heterocycles. The number of aromatic nitrogens is 3. The lowest BCUT2D eigenvalue weighted by atomic mass is 9.94. The van der Waals surface area contributed by atoms with Crippen molar-refractivity contribution >= 4 is 23.2 Å². The van der Waals surface area contributed by atoms with Crippen LogP contribution in [0.15, 0.2) is 84.1 Å². The van der Waals surface area contributed by atoms with Crippen molar-refractivity contribution in [2.75, 3.05) is 24.4 Å². The third-order valence-corrected chi connectivity index (χ3v) is 6.27. The molecule has 0 saturated carbocycles. The molecule has 2 heterocycles. The van der Waals surface area contributed by atoms with Gasteiger partial charge in [-0.15, -0.1) is 5.10 Å². The SMILES string of the molecule is CCOc1ccc(-c2nc3n(n2)C(c2cccc([N+](=O)[O-])c2)C(C(=O)Nc2ccccc2OC)=C(C)N3)cc1. The van der Waals surface area contributed by atoms with E-state index < -0.39 is 16.9 Å². The topological polar surface area (TPSA) is 133 Å². The van der Waals surface area contributed by atoms with Gasteiger partial charge in [-0.05, 0) is 55.8 Å². The van der Waals surface area contributed by atoms with E-state index in [-0.39, 0.29) is 5.69 Å². The normalized spacial score (nSPS) is 14.3. The summed E-state index contributed by atoms with van der Waals surface area (Å²) in [6, 6.07) is 19.8. The van der Waals surface area contributed by atoms with Crippen LogP contribution in [0.25, 0.3) is 11.4 Å². The van der Waals surface area contributed by atoms with Gasteiger partial charge in [0.25, 0.3) is 11.6 Å². The number of hydrogen-bond donors (Lipinski definition) is 2. The summed E-state index contributed by atoms with van der Waals surface area (Å²) in [5, 5.41) is 22.4. The summed E-state index contributed by atoms with van der Waals surface area (Å²) in [7, 11) is 1.52. The van der Waals surface area contributed by atoms with Crippen LogP contribution in [0.4, 0.5) is 17.3 Å². The number of nitro groups is 1. The van der Waals surface area contributed by atoms with Gasteiger partial charge in [-0.25, -0.2) is 4.68 Å². The van der Waals surface area contributed by atoms with Crippen LogP contribution in [0.2, 0.25) is 0 Å². The molecule has 1 atom stereocenters. The molecule has 1 unspecified atom stereocenters. The minimum Gasteiger partial charge on any atom is -0.495 e. The Labute approximate surface area is 224 Å². The van der Waals surface area contributed by atoms with Gasteiger partial charge >= 0.3 is 0 Å². The molecule has 0 radical (unpaired) electrons. The smallest absolute Gasteiger partial charge is 0.269 e. The van der Waals surface area contributed by atoms with Crippen LogP contribution in [0.3, 0.4) is 0 Å². The van der Waals surface area contributed by atoms with Gasteiger partial charge in [-0.2, -0.15) is 4.98 Å². The molecule has 0 aliphatic carbocycles. The Morgan fingerprint density at radius 1 is 1.13 bits per heavy atom. The van der Waals surface area contributed by atoms with E-state index in [0.717, 1.165) is 11.3 Å². The fraction of sp³-hybridized carbons (Fsp3) is 0.179. The lowest BCUT2D eigenvalue weighted by Crippen LogP contribution is -2.31. The summed E-state index contributed by atoms with van der Waals surface area (Å²) in [5.41, 5.74) is 2.52. The van der Waals surface area contributed by atoms with Crippen molar-refractivity contribution in [3.05, 3.63) is 99.7 Å². The first-order chi connectivity index (χ1) is 18.9. The Morgan fingerprint density at radius 3 is 2.62 bits per heavy atom. The third-order valence-electron chi connectivity index (χ3n) is 6.27. The first-order valence-electron chi connectivity index (χ1n) is 12.3. The van der Waals surface area contributed by atoms with Crippen LogP contribution in [-0.4, -0.2) is 39.3 Å². The first kappa shape index (κ1) is 25.5. The highest BCUT2D eigenvalue weighted by atomic mass is 16.6. The van der Waals surface area contributed by atoms with Crippen LogP contribution in [0, 0.1) is 10.1 Å². The van der Waals surface area contributed by atoms with Crippen LogP contribution < -0.4 is 20.1 Å². The van der Waals surface area contributed by atoms with Gasteiger partial charge in [0.1, 0.15) is 17.5 Å². The number of hydrogen-bond acceptors (Lipinski definition) is 8. The second kappa shape index (κ2) is 10.7. The average Bonchev–Trinajstić information content (AvgIpc) is 3.36. The Bertz CT molecular complexity index is 1580. The molecule has 1 aromatic heterocycles. The number of benzene rings is 3. The fourth-order valence-electron chi connectivity index (χ4n) is 4.49. The zero-order chi connectivity index (χ0) is 27.5. The summed E-state index contributed by atoms with van der Waals surface area (Å²) < 4.78 is 12.5. The van der Waals surface area contributed by atoms with Gasteiger partial charge in [0.15, 0.2) is 5.82 Å². The number of fused-ring (bicyclic) bond motifs is 1. The van der Waals surface area contributed by atoms with Crippen LogP contribution >= 0.6 is 0 Å². The van der Waals surface area contributed by atoms with Gasteiger partial charge in [0.05, 0.1) is 29.9 Å². The van der Waals surface area contributed by atoms with Gasteiger partial charge in [-0.3, -0.25) is 14.9 Å². The predicted molar refractivity (Wildman–Crippen MR) is 146 cm³/mol. The van der Waals surface area contributed by atoms with Crippen LogP contribution in [0.5, 0.6) is 11.5 Å². The highest BCUT2D eigenvalue weighted by Crippen LogP contribution is 2.38. The monoisotopic (exact) mass is 526 g/mol. The highest BCUT2D eigenvalue weighted by Gasteiger charge is 2.35. The number of ether oxygens (including phenoxy) is 2. The maximum atomic E-state index is 13.8. The Hall–Kier alpha value is -5.19. The molecule has 39 heavy (non-hydrogen) atoms. The summed E-state index contributed by atoms with van der Waals surface area (Å²) in [5.74, 6) is 1.64. The molecule has 198 valence electrons.